The number of ether oxygens (including phenoxy) is 2. The molecule has 1 amide bonds. The van der Waals surface area contributed by atoms with Crippen LogP contribution in [-0.4, -0.2) is 17.7 Å². The standard InChI is InChI=1S/C15H8BrClN2O3S/c16-7-1-2-9(17)8(3-7)14(20)19-15-18-10-4-11-12(22-6-21-11)5-13(10)23-15/h1-5H,6H2,(H,18,19,20). The summed E-state index contributed by atoms with van der Waals surface area (Å²) in [6.07, 6.45) is 0. The van der Waals surface area contributed by atoms with Crippen molar-refractivity contribution >= 4 is 60.1 Å². The van der Waals surface area contributed by atoms with Gasteiger partial charge in [-0.05, 0) is 18.2 Å². The molecule has 2 aromatic carbocycles. The number of halogens is 2. The van der Waals surface area contributed by atoms with E-state index >= 15 is 0 Å². The summed E-state index contributed by atoms with van der Waals surface area (Å²) in [6, 6.07) is 8.77. The van der Waals surface area contributed by atoms with Crippen LogP contribution < -0.4 is 14.8 Å². The minimum atomic E-state index is -0.310. The normalized spacial score (nSPS) is 12.6. The number of amides is 1. The Hall–Kier alpha value is -1.83. The van der Waals surface area contributed by atoms with Gasteiger partial charge in [0, 0.05) is 16.6 Å². The van der Waals surface area contributed by atoms with Crippen LogP contribution in [0.4, 0.5) is 5.13 Å². The van der Waals surface area contributed by atoms with Crippen LogP contribution in [0.5, 0.6) is 11.5 Å². The summed E-state index contributed by atoms with van der Waals surface area (Å²) in [6.45, 7) is 0.220. The van der Waals surface area contributed by atoms with Crippen molar-refractivity contribution in [2.45, 2.75) is 0 Å². The summed E-state index contributed by atoms with van der Waals surface area (Å²) < 4.78 is 12.4. The van der Waals surface area contributed by atoms with E-state index in [1.807, 2.05) is 6.07 Å². The number of aromatic nitrogens is 1. The van der Waals surface area contributed by atoms with Crippen molar-refractivity contribution in [3.63, 3.8) is 0 Å². The van der Waals surface area contributed by atoms with Crippen molar-refractivity contribution in [1.82, 2.24) is 4.98 Å². The van der Waals surface area contributed by atoms with Crippen molar-refractivity contribution in [3.8, 4) is 11.5 Å². The Bertz CT molecular complexity index is 903. The Morgan fingerprint density at radius 1 is 1.26 bits per heavy atom. The highest BCUT2D eigenvalue weighted by Gasteiger charge is 2.18. The maximum Gasteiger partial charge on any atom is 0.258 e. The van der Waals surface area contributed by atoms with E-state index in [1.54, 1.807) is 24.3 Å². The summed E-state index contributed by atoms with van der Waals surface area (Å²) in [5.74, 6) is 1.04. The van der Waals surface area contributed by atoms with Gasteiger partial charge in [0.25, 0.3) is 5.91 Å². The van der Waals surface area contributed by atoms with E-state index in [9.17, 15) is 4.79 Å². The number of anilines is 1. The third-order valence-corrected chi connectivity index (χ3v) is 5.03. The molecule has 0 bridgehead atoms. The van der Waals surface area contributed by atoms with E-state index < -0.39 is 0 Å². The van der Waals surface area contributed by atoms with Gasteiger partial charge in [0.15, 0.2) is 16.6 Å². The molecular formula is C15H8BrClN2O3S. The topological polar surface area (TPSA) is 60.5 Å². The van der Waals surface area contributed by atoms with Crippen LogP contribution in [0.2, 0.25) is 5.02 Å². The smallest absolute Gasteiger partial charge is 0.258 e. The zero-order valence-electron chi connectivity index (χ0n) is 11.4. The van der Waals surface area contributed by atoms with E-state index in [1.165, 1.54) is 11.3 Å². The van der Waals surface area contributed by atoms with Gasteiger partial charge in [0.1, 0.15) is 0 Å². The van der Waals surface area contributed by atoms with E-state index in [-0.39, 0.29) is 12.7 Å². The van der Waals surface area contributed by atoms with Gasteiger partial charge in [-0.2, -0.15) is 0 Å². The molecule has 4 rings (SSSR count). The predicted molar refractivity (Wildman–Crippen MR) is 92.8 cm³/mol. The van der Waals surface area contributed by atoms with Gasteiger partial charge < -0.3 is 9.47 Å². The molecule has 0 atom stereocenters. The van der Waals surface area contributed by atoms with Gasteiger partial charge >= 0.3 is 0 Å². The number of carbonyl (C=O) groups is 1. The second-order valence-corrected chi connectivity index (χ2v) is 7.12. The molecule has 1 aromatic heterocycles. The Morgan fingerprint density at radius 3 is 2.87 bits per heavy atom. The van der Waals surface area contributed by atoms with E-state index in [2.05, 4.69) is 26.2 Å². The van der Waals surface area contributed by atoms with E-state index in [4.69, 9.17) is 21.1 Å². The van der Waals surface area contributed by atoms with Crippen LogP contribution in [0, 0.1) is 0 Å². The number of rotatable bonds is 2. The van der Waals surface area contributed by atoms with Crippen LogP contribution in [0.1, 0.15) is 10.4 Å². The molecule has 8 heteroatoms. The monoisotopic (exact) mass is 410 g/mol. The number of fused-ring (bicyclic) bond motifs is 2. The maximum atomic E-state index is 12.4. The number of thiazole rings is 1. The molecule has 0 aliphatic carbocycles. The third kappa shape index (κ3) is 2.75. The van der Waals surface area contributed by atoms with Crippen LogP contribution in [0.25, 0.3) is 10.2 Å². The Morgan fingerprint density at radius 2 is 2.04 bits per heavy atom. The minimum Gasteiger partial charge on any atom is -0.454 e. The predicted octanol–water partition coefficient (Wildman–Crippen LogP) is 4.69. The molecule has 0 spiro atoms. The number of carbonyl (C=O) groups excluding carboxylic acids is 1. The van der Waals surface area contributed by atoms with Crippen molar-refractivity contribution in [2.75, 3.05) is 12.1 Å². The van der Waals surface area contributed by atoms with Gasteiger partial charge in [-0.3, -0.25) is 10.1 Å². The van der Waals surface area contributed by atoms with Crippen LogP contribution in [0.15, 0.2) is 34.8 Å². The molecule has 5 nitrogen and oxygen atoms in total. The summed E-state index contributed by atoms with van der Waals surface area (Å²) in [5, 5.41) is 3.64. The van der Waals surface area contributed by atoms with Gasteiger partial charge in [-0.15, -0.1) is 0 Å². The maximum absolute atomic E-state index is 12.4. The molecule has 0 saturated carbocycles. The summed E-state index contributed by atoms with van der Waals surface area (Å²) in [4.78, 5) is 16.8. The van der Waals surface area contributed by atoms with Crippen LogP contribution >= 0.6 is 38.9 Å². The number of nitrogens with one attached hydrogen (secondary N) is 1. The number of hydrogen-bond acceptors (Lipinski definition) is 5. The molecule has 0 unspecified atom stereocenters. The lowest BCUT2D eigenvalue weighted by atomic mass is 10.2. The third-order valence-electron chi connectivity index (χ3n) is 3.28. The largest absolute Gasteiger partial charge is 0.454 e. The van der Waals surface area contributed by atoms with Crippen molar-refractivity contribution in [2.24, 2.45) is 0 Å². The molecule has 116 valence electrons. The first-order chi connectivity index (χ1) is 11.1. The van der Waals surface area contributed by atoms with E-state index in [0.717, 1.165) is 14.7 Å². The first kappa shape index (κ1) is 14.7. The average Bonchev–Trinajstić information content (AvgIpc) is 3.12. The summed E-state index contributed by atoms with van der Waals surface area (Å²) in [7, 11) is 0. The number of hydrogen-bond donors (Lipinski definition) is 1. The fraction of sp³-hybridized carbons (Fsp3) is 0.0667. The fourth-order valence-corrected chi connectivity index (χ4v) is 3.64. The second-order valence-electron chi connectivity index (χ2n) is 4.77. The minimum absolute atomic E-state index is 0.220. The highest BCUT2D eigenvalue weighted by Crippen LogP contribution is 2.39. The van der Waals surface area contributed by atoms with Crippen LogP contribution in [-0.2, 0) is 0 Å². The molecule has 3 aromatic rings. The van der Waals surface area contributed by atoms with Gasteiger partial charge in [-0.1, -0.05) is 38.9 Å². The van der Waals surface area contributed by atoms with Gasteiger partial charge in [0.05, 0.1) is 20.8 Å². The lowest BCUT2D eigenvalue weighted by Gasteiger charge is -2.04. The highest BCUT2D eigenvalue weighted by molar-refractivity contribution is 9.10. The molecule has 23 heavy (non-hydrogen) atoms. The highest BCUT2D eigenvalue weighted by atomic mass is 79.9. The van der Waals surface area contributed by atoms with Crippen molar-refractivity contribution in [1.29, 1.82) is 0 Å². The molecule has 1 aliphatic rings. The summed E-state index contributed by atoms with van der Waals surface area (Å²) >= 11 is 10.8. The average molecular weight is 412 g/mol. The first-order valence-corrected chi connectivity index (χ1v) is 8.55. The molecule has 1 N–H and O–H groups in total. The molecular weight excluding hydrogens is 404 g/mol. The molecule has 2 heterocycles. The fourth-order valence-electron chi connectivity index (χ4n) is 2.21. The van der Waals surface area contributed by atoms with Crippen molar-refractivity contribution in [3.05, 3.63) is 45.4 Å². The number of nitrogens with zero attached hydrogens (tertiary/aromatic N) is 1. The molecule has 0 fully saturated rings. The molecule has 0 saturated heterocycles. The number of benzene rings is 2. The van der Waals surface area contributed by atoms with Gasteiger partial charge in [0.2, 0.25) is 6.79 Å². The zero-order chi connectivity index (χ0) is 16.0. The van der Waals surface area contributed by atoms with Crippen molar-refractivity contribution < 1.29 is 14.3 Å². The van der Waals surface area contributed by atoms with E-state index in [0.29, 0.717) is 27.2 Å². The Kier molecular flexibility index (Phi) is 3.63. The lowest BCUT2D eigenvalue weighted by Crippen LogP contribution is -2.12. The van der Waals surface area contributed by atoms with Gasteiger partial charge in [-0.25, -0.2) is 4.98 Å². The zero-order valence-corrected chi connectivity index (χ0v) is 14.6. The molecule has 0 radical (unpaired) electrons. The Labute approximate surface area is 148 Å². The Balaban J connectivity index is 1.65. The first-order valence-electron chi connectivity index (χ1n) is 6.57. The lowest BCUT2D eigenvalue weighted by molar-refractivity contribution is 0.102. The second kappa shape index (κ2) is 5.67. The molecule has 1 aliphatic heterocycles. The summed E-state index contributed by atoms with van der Waals surface area (Å²) in [5.41, 5.74) is 1.13. The quantitative estimate of drug-likeness (QED) is 0.664. The SMILES string of the molecule is O=C(Nc1nc2cc3c(cc2s1)OCO3)c1cc(Br)ccc1Cl. The van der Waals surface area contributed by atoms with Crippen LogP contribution in [0.3, 0.4) is 0 Å².